The third kappa shape index (κ3) is 4.04. The minimum absolute atomic E-state index is 0.536. The third-order valence-corrected chi connectivity index (χ3v) is 1.22. The van der Waals surface area contributed by atoms with E-state index in [-0.39, 0.29) is 0 Å². The molecule has 1 rings (SSSR count). The molecule has 1 heterocycles. The van der Waals surface area contributed by atoms with Crippen LogP contribution in [0.3, 0.4) is 0 Å². The zero-order valence-corrected chi connectivity index (χ0v) is 7.67. The molecule has 78 valence electrons. The van der Waals surface area contributed by atoms with E-state index in [0.717, 1.165) is 11.4 Å². The van der Waals surface area contributed by atoms with Gasteiger partial charge in [-0.15, -0.1) is 10.1 Å². The highest BCUT2D eigenvalue weighted by molar-refractivity contribution is 5.74. The molecular weight excluding hydrogens is 192 g/mol. The van der Waals surface area contributed by atoms with Crippen LogP contribution in [-0.2, 0) is 0 Å². The number of rotatable bonds is 0. The quantitative estimate of drug-likeness (QED) is 0.455. The molecule has 14 heavy (non-hydrogen) atoms. The van der Waals surface area contributed by atoms with E-state index in [1.165, 1.54) is 4.68 Å². The fraction of sp³-hybridized carbons (Fsp3) is 0.333. The number of nitrogens with two attached hydrogens (primary N) is 1. The van der Waals surface area contributed by atoms with Gasteiger partial charge in [-0.05, 0) is 19.9 Å². The molecule has 3 N–H and O–H groups in total. The summed E-state index contributed by atoms with van der Waals surface area (Å²) >= 11 is 0. The average molecular weight is 202 g/mol. The Morgan fingerprint density at radius 2 is 2.14 bits per heavy atom. The predicted molar refractivity (Wildman–Crippen MR) is 45.5 cm³/mol. The molecule has 0 aromatic carbocycles. The van der Waals surface area contributed by atoms with Crippen molar-refractivity contribution >= 4 is 6.03 Å². The largest absolute Gasteiger partial charge is 0.350 e. The van der Waals surface area contributed by atoms with E-state index in [9.17, 15) is 4.79 Å². The van der Waals surface area contributed by atoms with Gasteiger partial charge < -0.3 is 10.9 Å². The van der Waals surface area contributed by atoms with Crippen LogP contribution in [0.2, 0.25) is 0 Å². The first-order chi connectivity index (χ1) is 6.34. The summed E-state index contributed by atoms with van der Waals surface area (Å²) in [4.78, 5) is 18.9. The van der Waals surface area contributed by atoms with Crippen LogP contribution in [0.25, 0.3) is 0 Å². The summed E-state index contributed by atoms with van der Waals surface area (Å²) in [6.45, 7) is 3.59. The van der Waals surface area contributed by atoms with Crippen molar-refractivity contribution in [2.45, 2.75) is 13.8 Å². The fourth-order valence-corrected chi connectivity index (χ4v) is 0.852. The summed E-state index contributed by atoms with van der Waals surface area (Å²) in [5, 5.41) is 17.5. The number of aryl methyl sites for hydroxylation is 2. The van der Waals surface area contributed by atoms with Crippen molar-refractivity contribution in [3.05, 3.63) is 27.6 Å². The van der Waals surface area contributed by atoms with Crippen molar-refractivity contribution in [2.75, 3.05) is 0 Å². The Balaban J connectivity index is 0.000000364. The first kappa shape index (κ1) is 11.9. The second-order valence-corrected chi connectivity index (χ2v) is 2.41. The summed E-state index contributed by atoms with van der Waals surface area (Å²) < 4.78 is 1.18. The Morgan fingerprint density at radius 1 is 1.71 bits per heavy atom. The van der Waals surface area contributed by atoms with Gasteiger partial charge in [-0.25, -0.2) is 4.79 Å². The van der Waals surface area contributed by atoms with Gasteiger partial charge >= 0.3 is 6.03 Å². The molecule has 0 radical (unpaired) electrons. The van der Waals surface area contributed by atoms with Gasteiger partial charge in [0.25, 0.3) is 5.09 Å². The van der Waals surface area contributed by atoms with E-state index in [2.05, 4.69) is 5.10 Å². The average Bonchev–Trinajstić information content (AvgIpc) is 2.28. The molecule has 0 spiro atoms. The lowest BCUT2D eigenvalue weighted by Crippen LogP contribution is -2.21. The maximum absolute atomic E-state index is 10.6. The predicted octanol–water partition coefficient (Wildman–Crippen LogP) is 0.0790. The molecule has 0 atom stereocenters. The molecule has 8 heteroatoms. The molecule has 1 aromatic rings. The van der Waals surface area contributed by atoms with E-state index in [1.54, 1.807) is 13.0 Å². The second kappa shape index (κ2) is 4.80. The molecule has 0 fully saturated rings. The van der Waals surface area contributed by atoms with Gasteiger partial charge in [0.2, 0.25) is 0 Å². The number of amides is 1. The van der Waals surface area contributed by atoms with Crippen LogP contribution in [0.15, 0.2) is 6.07 Å². The van der Waals surface area contributed by atoms with Gasteiger partial charge in [-0.3, -0.25) is 0 Å². The van der Waals surface area contributed by atoms with Crippen LogP contribution >= 0.6 is 0 Å². The zero-order valence-electron chi connectivity index (χ0n) is 7.67. The SMILES string of the molecule is Cc1cc(C)n(C(N)=O)n1.O=[N+]([O-])O. The Kier molecular flexibility index (Phi) is 4.07. The first-order valence-corrected chi connectivity index (χ1v) is 3.51. The van der Waals surface area contributed by atoms with E-state index in [0.29, 0.717) is 0 Å². The van der Waals surface area contributed by atoms with Gasteiger partial charge in [-0.1, -0.05) is 0 Å². The summed E-state index contributed by atoms with van der Waals surface area (Å²) in [5.74, 6) is 0. The highest BCUT2D eigenvalue weighted by atomic mass is 16.9. The Labute approximate surface area is 79.0 Å². The van der Waals surface area contributed by atoms with E-state index < -0.39 is 11.1 Å². The molecule has 8 nitrogen and oxygen atoms in total. The van der Waals surface area contributed by atoms with Crippen molar-refractivity contribution in [1.82, 2.24) is 9.78 Å². The standard InChI is InChI=1S/C6H9N3O.HNO3/c1-4-3-5(2)9(8-4)6(7)10;2-1(3)4/h3H,1-2H3,(H2,7,10);(H,2,3,4). The fourth-order valence-electron chi connectivity index (χ4n) is 0.852. The number of carbonyl (C=O) groups is 1. The minimum atomic E-state index is -1.50. The van der Waals surface area contributed by atoms with Crippen LogP contribution in [0.1, 0.15) is 11.4 Å². The summed E-state index contributed by atoms with van der Waals surface area (Å²) in [6, 6.07) is 1.26. The van der Waals surface area contributed by atoms with Crippen LogP contribution in [-0.4, -0.2) is 26.1 Å². The minimum Gasteiger partial charge on any atom is -0.350 e. The Morgan fingerprint density at radius 3 is 2.29 bits per heavy atom. The van der Waals surface area contributed by atoms with E-state index >= 15 is 0 Å². The van der Waals surface area contributed by atoms with Gasteiger partial charge in [0, 0.05) is 5.69 Å². The number of nitrogens with zero attached hydrogens (tertiary/aromatic N) is 3. The van der Waals surface area contributed by atoms with Crippen molar-refractivity contribution in [1.29, 1.82) is 0 Å². The lowest BCUT2D eigenvalue weighted by atomic mass is 10.4. The van der Waals surface area contributed by atoms with Crippen molar-refractivity contribution in [2.24, 2.45) is 5.73 Å². The Bertz CT molecular complexity index is 342. The van der Waals surface area contributed by atoms with Gasteiger partial charge in [-0.2, -0.15) is 9.78 Å². The smallest absolute Gasteiger partial charge is 0.339 e. The zero-order chi connectivity index (χ0) is 11.3. The molecule has 1 amide bonds. The number of hydrogen-bond donors (Lipinski definition) is 2. The van der Waals surface area contributed by atoms with Crippen LogP contribution in [0, 0.1) is 24.0 Å². The van der Waals surface area contributed by atoms with E-state index in [1.807, 2.05) is 6.92 Å². The number of carbonyl (C=O) groups excluding carboxylic acids is 1. The number of hydrogen-bond acceptors (Lipinski definition) is 4. The monoisotopic (exact) mass is 202 g/mol. The molecule has 0 aliphatic carbocycles. The van der Waals surface area contributed by atoms with Crippen LogP contribution < -0.4 is 5.73 Å². The molecule has 0 saturated carbocycles. The van der Waals surface area contributed by atoms with Crippen LogP contribution in [0.5, 0.6) is 0 Å². The maximum Gasteiger partial charge on any atom is 0.339 e. The molecule has 0 bridgehead atoms. The van der Waals surface area contributed by atoms with Gasteiger partial charge in [0.1, 0.15) is 0 Å². The van der Waals surface area contributed by atoms with E-state index in [4.69, 9.17) is 21.1 Å². The van der Waals surface area contributed by atoms with Gasteiger partial charge in [0.15, 0.2) is 0 Å². The molecular formula is C6H10N4O4. The highest BCUT2D eigenvalue weighted by Gasteiger charge is 2.03. The normalized spacial score (nSPS) is 8.71. The van der Waals surface area contributed by atoms with Crippen molar-refractivity contribution in [3.8, 4) is 0 Å². The molecule has 0 saturated heterocycles. The Hall–Kier alpha value is -2.12. The van der Waals surface area contributed by atoms with Crippen molar-refractivity contribution < 1.29 is 15.1 Å². The lowest BCUT2D eigenvalue weighted by Gasteiger charge is -1.93. The lowest BCUT2D eigenvalue weighted by molar-refractivity contribution is -0.742. The van der Waals surface area contributed by atoms with Crippen LogP contribution in [0.4, 0.5) is 4.79 Å². The molecule has 0 aliphatic heterocycles. The topological polar surface area (TPSA) is 124 Å². The van der Waals surface area contributed by atoms with Crippen molar-refractivity contribution in [3.63, 3.8) is 0 Å². The number of primary amides is 1. The summed E-state index contributed by atoms with van der Waals surface area (Å²) in [5.41, 5.74) is 6.56. The number of aromatic nitrogens is 2. The first-order valence-electron chi connectivity index (χ1n) is 3.51. The second-order valence-electron chi connectivity index (χ2n) is 2.41. The molecule has 0 aliphatic rings. The summed E-state index contributed by atoms with van der Waals surface area (Å²) in [6.07, 6.45) is 0. The molecule has 0 unspecified atom stereocenters. The maximum atomic E-state index is 10.6. The van der Waals surface area contributed by atoms with Gasteiger partial charge in [0.05, 0.1) is 5.69 Å². The third-order valence-electron chi connectivity index (χ3n) is 1.22. The summed E-state index contributed by atoms with van der Waals surface area (Å²) in [7, 11) is 0. The molecule has 1 aromatic heterocycles. The highest BCUT2D eigenvalue weighted by Crippen LogP contribution is 1.99.